The Hall–Kier alpha value is -0.570. The Morgan fingerprint density at radius 2 is 1.75 bits per heavy atom. The number of nitrogens with one attached hydrogen (secondary N) is 1. The summed E-state index contributed by atoms with van der Waals surface area (Å²) < 4.78 is 0. The Balaban J connectivity index is 1.88. The minimum Gasteiger partial charge on any atom is -0.480 e. The SMILES string of the molecule is O=C(O)C1(NCC2CCCC2)CCCCC1. The lowest BCUT2D eigenvalue weighted by molar-refractivity contribution is -0.146. The minimum absolute atomic E-state index is 0.596. The van der Waals surface area contributed by atoms with Crippen LogP contribution in [0.1, 0.15) is 57.8 Å². The van der Waals surface area contributed by atoms with E-state index in [1.54, 1.807) is 0 Å². The van der Waals surface area contributed by atoms with Crippen LogP contribution in [0.25, 0.3) is 0 Å². The van der Waals surface area contributed by atoms with Gasteiger partial charge in [-0.15, -0.1) is 0 Å². The Morgan fingerprint density at radius 3 is 2.31 bits per heavy atom. The molecule has 2 aliphatic rings. The summed E-state index contributed by atoms with van der Waals surface area (Å²) in [5.41, 5.74) is -0.596. The van der Waals surface area contributed by atoms with Crippen molar-refractivity contribution in [3.05, 3.63) is 0 Å². The van der Waals surface area contributed by atoms with Crippen LogP contribution >= 0.6 is 0 Å². The molecule has 92 valence electrons. The standard InChI is InChI=1S/C13H23NO2/c15-12(16)13(8-4-1-5-9-13)14-10-11-6-2-3-7-11/h11,14H,1-10H2,(H,15,16). The fraction of sp³-hybridized carbons (Fsp3) is 0.923. The molecule has 0 aromatic carbocycles. The number of carbonyl (C=O) groups is 1. The summed E-state index contributed by atoms with van der Waals surface area (Å²) in [5, 5.41) is 12.8. The molecule has 2 fully saturated rings. The van der Waals surface area contributed by atoms with E-state index in [1.165, 1.54) is 32.1 Å². The Bertz CT molecular complexity index is 240. The predicted molar refractivity (Wildman–Crippen MR) is 63.4 cm³/mol. The molecule has 3 heteroatoms. The molecular weight excluding hydrogens is 202 g/mol. The zero-order valence-corrected chi connectivity index (χ0v) is 10.0. The van der Waals surface area contributed by atoms with Crippen LogP contribution < -0.4 is 5.32 Å². The summed E-state index contributed by atoms with van der Waals surface area (Å²) in [6, 6.07) is 0. The molecule has 0 aromatic heterocycles. The summed E-state index contributed by atoms with van der Waals surface area (Å²) in [6.45, 7) is 0.909. The first-order chi connectivity index (χ1) is 7.73. The molecule has 3 nitrogen and oxygen atoms in total. The number of carboxylic acids is 1. The summed E-state index contributed by atoms with van der Waals surface area (Å²) in [4.78, 5) is 11.4. The maximum Gasteiger partial charge on any atom is 0.323 e. The van der Waals surface area contributed by atoms with Gasteiger partial charge in [-0.05, 0) is 38.1 Å². The van der Waals surface area contributed by atoms with E-state index in [-0.39, 0.29) is 0 Å². The molecule has 2 N–H and O–H groups in total. The highest BCUT2D eigenvalue weighted by molar-refractivity contribution is 5.78. The van der Waals surface area contributed by atoms with Crippen LogP contribution in [0.2, 0.25) is 0 Å². The molecule has 0 atom stereocenters. The highest BCUT2D eigenvalue weighted by atomic mass is 16.4. The molecule has 0 heterocycles. The Labute approximate surface area is 97.6 Å². The largest absolute Gasteiger partial charge is 0.480 e. The predicted octanol–water partition coefficient (Wildman–Crippen LogP) is 2.55. The van der Waals surface area contributed by atoms with E-state index in [0.29, 0.717) is 0 Å². The molecule has 2 saturated carbocycles. The molecule has 0 aliphatic heterocycles. The average Bonchev–Trinajstić information content (AvgIpc) is 2.80. The number of carboxylic acid groups (broad SMARTS) is 1. The van der Waals surface area contributed by atoms with Crippen molar-refractivity contribution in [1.82, 2.24) is 5.32 Å². The van der Waals surface area contributed by atoms with Gasteiger partial charge in [-0.2, -0.15) is 0 Å². The van der Waals surface area contributed by atoms with Crippen molar-refractivity contribution in [3.63, 3.8) is 0 Å². The van der Waals surface area contributed by atoms with Gasteiger partial charge in [0.15, 0.2) is 0 Å². The van der Waals surface area contributed by atoms with E-state index in [2.05, 4.69) is 5.32 Å². The maximum absolute atomic E-state index is 11.4. The van der Waals surface area contributed by atoms with Crippen LogP contribution in [0.4, 0.5) is 0 Å². The van der Waals surface area contributed by atoms with Crippen LogP contribution in [0.15, 0.2) is 0 Å². The van der Waals surface area contributed by atoms with Gasteiger partial charge in [0.25, 0.3) is 0 Å². The zero-order valence-electron chi connectivity index (χ0n) is 10.0. The van der Waals surface area contributed by atoms with Crippen molar-refractivity contribution >= 4 is 5.97 Å². The number of rotatable bonds is 4. The average molecular weight is 225 g/mol. The van der Waals surface area contributed by atoms with Crippen molar-refractivity contribution < 1.29 is 9.90 Å². The van der Waals surface area contributed by atoms with Crippen molar-refractivity contribution in [1.29, 1.82) is 0 Å². The Morgan fingerprint density at radius 1 is 1.12 bits per heavy atom. The first kappa shape index (κ1) is 11.9. The highest BCUT2D eigenvalue weighted by Gasteiger charge is 2.39. The van der Waals surface area contributed by atoms with E-state index in [1.807, 2.05) is 0 Å². The van der Waals surface area contributed by atoms with Crippen molar-refractivity contribution in [2.45, 2.75) is 63.3 Å². The third kappa shape index (κ3) is 2.57. The highest BCUT2D eigenvalue weighted by Crippen LogP contribution is 2.30. The lowest BCUT2D eigenvalue weighted by atomic mass is 9.81. The fourth-order valence-electron chi connectivity index (χ4n) is 3.18. The van der Waals surface area contributed by atoms with Gasteiger partial charge in [0.2, 0.25) is 0 Å². The second-order valence-corrected chi connectivity index (χ2v) is 5.48. The van der Waals surface area contributed by atoms with Gasteiger partial charge >= 0.3 is 5.97 Å². The van der Waals surface area contributed by atoms with Gasteiger partial charge in [-0.25, -0.2) is 0 Å². The van der Waals surface area contributed by atoms with E-state index in [9.17, 15) is 9.90 Å². The summed E-state index contributed by atoms with van der Waals surface area (Å²) in [5.74, 6) is 0.0864. The first-order valence-corrected chi connectivity index (χ1v) is 6.71. The smallest absolute Gasteiger partial charge is 0.323 e. The van der Waals surface area contributed by atoms with Crippen LogP contribution in [0, 0.1) is 5.92 Å². The Kier molecular flexibility index (Phi) is 3.85. The number of hydrogen-bond acceptors (Lipinski definition) is 2. The van der Waals surface area contributed by atoms with Gasteiger partial charge < -0.3 is 10.4 Å². The van der Waals surface area contributed by atoms with E-state index in [0.717, 1.165) is 38.1 Å². The quantitative estimate of drug-likeness (QED) is 0.773. The summed E-state index contributed by atoms with van der Waals surface area (Å²) >= 11 is 0. The molecule has 0 radical (unpaired) electrons. The van der Waals surface area contributed by atoms with Crippen molar-refractivity contribution in [2.24, 2.45) is 5.92 Å². The third-order valence-corrected chi connectivity index (χ3v) is 4.32. The molecule has 0 unspecified atom stereocenters. The molecule has 0 saturated heterocycles. The molecule has 0 amide bonds. The maximum atomic E-state index is 11.4. The van der Waals surface area contributed by atoms with Crippen LogP contribution in [0.3, 0.4) is 0 Å². The minimum atomic E-state index is -0.634. The fourth-order valence-corrected chi connectivity index (χ4v) is 3.18. The molecule has 0 spiro atoms. The second kappa shape index (κ2) is 5.17. The van der Waals surface area contributed by atoms with Gasteiger partial charge in [-0.3, -0.25) is 4.79 Å². The lowest BCUT2D eigenvalue weighted by Gasteiger charge is -2.35. The molecule has 0 bridgehead atoms. The van der Waals surface area contributed by atoms with Gasteiger partial charge in [-0.1, -0.05) is 32.1 Å². The van der Waals surface area contributed by atoms with Crippen molar-refractivity contribution in [3.8, 4) is 0 Å². The molecule has 0 aromatic rings. The lowest BCUT2D eigenvalue weighted by Crippen LogP contribution is -2.54. The number of aliphatic carboxylic acids is 1. The molecule has 2 aliphatic carbocycles. The molecule has 16 heavy (non-hydrogen) atoms. The van der Waals surface area contributed by atoms with Crippen molar-refractivity contribution in [2.75, 3.05) is 6.54 Å². The zero-order chi connectivity index (χ0) is 11.4. The number of hydrogen-bond donors (Lipinski definition) is 2. The van der Waals surface area contributed by atoms with Gasteiger partial charge in [0, 0.05) is 0 Å². The topological polar surface area (TPSA) is 49.3 Å². The normalized spacial score (nSPS) is 25.8. The van der Waals surface area contributed by atoms with Gasteiger partial charge in [0.05, 0.1) is 0 Å². The first-order valence-electron chi connectivity index (χ1n) is 6.71. The summed E-state index contributed by atoms with van der Waals surface area (Å²) in [6.07, 6.45) is 10.2. The van der Waals surface area contributed by atoms with Gasteiger partial charge in [0.1, 0.15) is 5.54 Å². The summed E-state index contributed by atoms with van der Waals surface area (Å²) in [7, 11) is 0. The monoisotopic (exact) mass is 225 g/mol. The van der Waals surface area contributed by atoms with E-state index in [4.69, 9.17) is 0 Å². The van der Waals surface area contributed by atoms with Crippen LogP contribution in [0.5, 0.6) is 0 Å². The van der Waals surface area contributed by atoms with E-state index < -0.39 is 11.5 Å². The molecular formula is C13H23NO2. The molecule has 2 rings (SSSR count). The van der Waals surface area contributed by atoms with Crippen LogP contribution in [-0.4, -0.2) is 23.2 Å². The van der Waals surface area contributed by atoms with E-state index >= 15 is 0 Å². The third-order valence-electron chi connectivity index (χ3n) is 4.32. The van der Waals surface area contributed by atoms with Crippen LogP contribution in [-0.2, 0) is 4.79 Å². The second-order valence-electron chi connectivity index (χ2n) is 5.48.